The third-order valence-electron chi connectivity index (χ3n) is 8.05. The standard InChI is InChI=1S/C8H2Cl4O4.6C6H5.2Sn/c9-3-1(7(13)14)2(8(15)16)4(10)6(12)5(3)11;6*1-2-4-6-5-3-1;;/h(H,13,14)(H,15,16);6*1-5H;;/q;;;;;;;2*+1/p-2. The predicted molar refractivity (Wildman–Crippen MR) is 223 cm³/mol. The summed E-state index contributed by atoms with van der Waals surface area (Å²) >= 11 is 18.2. The number of carbonyl (C=O) groups is 2. The van der Waals surface area contributed by atoms with Gasteiger partial charge in [0.25, 0.3) is 0 Å². The maximum atomic E-state index is 10.7. The number of benzene rings is 7. The second-order valence-electron chi connectivity index (χ2n) is 11.5. The molecule has 0 unspecified atom stereocenters. The summed E-state index contributed by atoms with van der Waals surface area (Å²) in [5.74, 6) is -3.69. The molecule has 10 heteroatoms. The Morgan fingerprint density at radius 3 is 0.630 bits per heavy atom. The van der Waals surface area contributed by atoms with Crippen LogP contribution in [0.25, 0.3) is 0 Å². The summed E-state index contributed by atoms with van der Waals surface area (Å²) in [6, 6.07) is 65.9. The molecule has 0 saturated heterocycles. The molecule has 0 atom stereocenters. The van der Waals surface area contributed by atoms with E-state index in [0.717, 1.165) is 0 Å². The molecule has 0 spiro atoms. The number of hydrogen-bond donors (Lipinski definition) is 0. The van der Waals surface area contributed by atoms with Gasteiger partial charge in [0.05, 0.1) is 32.0 Å². The van der Waals surface area contributed by atoms with E-state index in [-0.39, 0.29) is 10.0 Å². The van der Waals surface area contributed by atoms with Gasteiger partial charge >= 0.3 is 243 Å². The fourth-order valence-corrected chi connectivity index (χ4v) is 21.4. The van der Waals surface area contributed by atoms with Crippen LogP contribution in [0.4, 0.5) is 0 Å². The van der Waals surface area contributed by atoms with Crippen LogP contribution in [0, 0.1) is 0 Å². The zero-order valence-electron chi connectivity index (χ0n) is 28.5. The summed E-state index contributed by atoms with van der Waals surface area (Å²) < 4.78 is 9.18. The molecule has 0 aliphatic carbocycles. The number of hydrogen-bond acceptors (Lipinski definition) is 4. The van der Waals surface area contributed by atoms with Gasteiger partial charge in [-0.3, -0.25) is 0 Å². The second kappa shape index (κ2) is 20.8. The zero-order valence-corrected chi connectivity index (χ0v) is 37.2. The van der Waals surface area contributed by atoms with Gasteiger partial charge in [0, 0.05) is 11.1 Å². The number of carbonyl (C=O) groups excluding carboxylic acids is 2. The Morgan fingerprint density at radius 1 is 0.315 bits per heavy atom. The van der Waals surface area contributed by atoms with E-state index in [1.807, 2.05) is 0 Å². The Labute approximate surface area is 349 Å². The average Bonchev–Trinajstić information content (AvgIpc) is 3.21. The minimum atomic E-state index is -1.98. The first kappa shape index (κ1) is 41.4. The van der Waals surface area contributed by atoms with Crippen LogP contribution >= 0.6 is 46.4 Å². The SMILES string of the molecule is O=C([O-])c1c(Cl)c(Cl)c(Cl)c(Cl)c1C(=O)[O-].c1cc[c]([Sn+]([c]2ccccc2)[c]2ccccc2)cc1.c1cc[c]([Sn+]([c]2ccccc2)[c]2ccccc2)cc1. The number of halogens is 4. The molecule has 54 heavy (non-hydrogen) atoms. The van der Waals surface area contributed by atoms with Gasteiger partial charge in [0.1, 0.15) is 0 Å². The Hall–Kier alpha value is -3.76. The van der Waals surface area contributed by atoms with E-state index in [0.29, 0.717) is 0 Å². The number of carboxylic acids is 2. The normalized spacial score (nSPS) is 10.1. The number of rotatable bonds is 8. The Balaban J connectivity index is 0.000000157. The van der Waals surface area contributed by atoms with Crippen LogP contribution < -0.4 is 31.7 Å². The van der Waals surface area contributed by atoms with Crippen LogP contribution in [0.15, 0.2) is 182 Å². The van der Waals surface area contributed by atoms with Crippen LogP contribution in [-0.4, -0.2) is 51.5 Å². The third kappa shape index (κ3) is 10.7. The van der Waals surface area contributed by atoms with Crippen molar-refractivity contribution in [1.82, 2.24) is 0 Å². The molecule has 0 saturated carbocycles. The molecule has 7 aromatic rings. The van der Waals surface area contributed by atoms with Crippen molar-refractivity contribution in [3.63, 3.8) is 0 Å². The molecule has 0 aromatic heterocycles. The molecule has 7 rings (SSSR count). The van der Waals surface area contributed by atoms with Crippen molar-refractivity contribution in [2.45, 2.75) is 0 Å². The molecular formula is C44H30Cl4O4Sn2. The first-order chi connectivity index (χ1) is 26.2. The van der Waals surface area contributed by atoms with E-state index < -0.39 is 72.6 Å². The minimum absolute atomic E-state index is 0.363. The van der Waals surface area contributed by atoms with E-state index in [1.165, 1.54) is 21.5 Å². The fourth-order valence-electron chi connectivity index (χ4n) is 5.64. The first-order valence-corrected chi connectivity index (χ1v) is 26.6. The van der Waals surface area contributed by atoms with E-state index in [4.69, 9.17) is 46.4 Å². The van der Waals surface area contributed by atoms with Gasteiger partial charge in [-0.05, 0) is 0 Å². The average molecular weight is 1000 g/mol. The van der Waals surface area contributed by atoms with Crippen LogP contribution in [-0.2, 0) is 0 Å². The summed E-state index contributed by atoms with van der Waals surface area (Å²) in [7, 11) is 0. The van der Waals surface area contributed by atoms with Crippen molar-refractivity contribution < 1.29 is 19.8 Å². The van der Waals surface area contributed by atoms with Gasteiger partial charge < -0.3 is 19.8 Å². The monoisotopic (exact) mass is 1000 g/mol. The third-order valence-corrected chi connectivity index (χ3v) is 25.4. The molecular weight excluding hydrogens is 972 g/mol. The quantitative estimate of drug-likeness (QED) is 0.116. The van der Waals surface area contributed by atoms with Crippen molar-refractivity contribution in [2.75, 3.05) is 0 Å². The molecule has 0 aliphatic heterocycles. The molecule has 0 fully saturated rings. The molecule has 0 radical (unpaired) electrons. The molecule has 0 bridgehead atoms. The van der Waals surface area contributed by atoms with Gasteiger partial charge in [0.2, 0.25) is 0 Å². The van der Waals surface area contributed by atoms with Gasteiger partial charge in [-0.25, -0.2) is 0 Å². The first-order valence-electron chi connectivity index (χ1n) is 16.5. The van der Waals surface area contributed by atoms with Gasteiger partial charge in [0.15, 0.2) is 0 Å². The number of aromatic carboxylic acids is 2. The van der Waals surface area contributed by atoms with Crippen molar-refractivity contribution in [3.05, 3.63) is 213 Å². The molecule has 266 valence electrons. The van der Waals surface area contributed by atoms with E-state index in [9.17, 15) is 19.8 Å². The van der Waals surface area contributed by atoms with E-state index in [2.05, 4.69) is 182 Å². The Morgan fingerprint density at radius 2 is 0.481 bits per heavy atom. The second-order valence-corrected chi connectivity index (χ2v) is 27.2. The van der Waals surface area contributed by atoms with Crippen LogP contribution in [0.5, 0.6) is 0 Å². The Kier molecular flexibility index (Phi) is 15.9. The molecule has 0 N–H and O–H groups in total. The zero-order chi connectivity index (χ0) is 38.5. The molecule has 0 amide bonds. The summed E-state index contributed by atoms with van der Waals surface area (Å²) in [5, 5.41) is 19.6. The van der Waals surface area contributed by atoms with Crippen molar-refractivity contribution in [1.29, 1.82) is 0 Å². The summed E-state index contributed by atoms with van der Waals surface area (Å²) in [6.07, 6.45) is 0. The van der Waals surface area contributed by atoms with Crippen molar-refractivity contribution in [3.8, 4) is 0 Å². The molecule has 7 aromatic carbocycles. The maximum absolute atomic E-state index is 10.7. The van der Waals surface area contributed by atoms with Gasteiger partial charge in [-0.15, -0.1) is 0 Å². The van der Waals surface area contributed by atoms with Gasteiger partial charge in [-0.1, -0.05) is 46.4 Å². The van der Waals surface area contributed by atoms with E-state index >= 15 is 0 Å². The van der Waals surface area contributed by atoms with Crippen LogP contribution in [0.1, 0.15) is 20.7 Å². The molecule has 4 nitrogen and oxygen atoms in total. The number of carboxylic acid groups (broad SMARTS) is 2. The predicted octanol–water partition coefficient (Wildman–Crippen LogP) is 5.43. The van der Waals surface area contributed by atoms with Gasteiger partial charge in [-0.2, -0.15) is 0 Å². The van der Waals surface area contributed by atoms with Crippen LogP contribution in [0.2, 0.25) is 20.1 Å². The van der Waals surface area contributed by atoms with E-state index in [1.54, 1.807) is 0 Å². The topological polar surface area (TPSA) is 80.3 Å². The summed E-state index contributed by atoms with van der Waals surface area (Å²) in [4.78, 5) is 21.4. The molecule has 0 aliphatic rings. The van der Waals surface area contributed by atoms with Crippen LogP contribution in [0.3, 0.4) is 0 Å². The van der Waals surface area contributed by atoms with Crippen molar-refractivity contribution >= 4 is 119 Å². The Bertz CT molecular complexity index is 1920. The molecule has 0 heterocycles. The summed E-state index contributed by atoms with van der Waals surface area (Å²) in [5.41, 5.74) is -1.72. The van der Waals surface area contributed by atoms with Crippen molar-refractivity contribution in [2.24, 2.45) is 0 Å². The fraction of sp³-hybridized carbons (Fsp3) is 0. The summed E-state index contributed by atoms with van der Waals surface area (Å²) in [6.45, 7) is 0.